The Morgan fingerprint density at radius 1 is 1.14 bits per heavy atom. The number of benzene rings is 2. The summed E-state index contributed by atoms with van der Waals surface area (Å²) in [6.45, 7) is 4.62. The number of sulfonamides is 1. The molecule has 0 fully saturated rings. The van der Waals surface area contributed by atoms with Crippen molar-refractivity contribution in [3.8, 4) is 11.1 Å². The third-order valence-corrected chi connectivity index (χ3v) is 7.70. The Kier molecular flexibility index (Phi) is 7.01. The molecule has 1 aliphatic rings. The zero-order chi connectivity index (χ0) is 21.0. The highest BCUT2D eigenvalue weighted by Gasteiger charge is 2.35. The van der Waals surface area contributed by atoms with Gasteiger partial charge >= 0.3 is 0 Å². The molecule has 1 amide bonds. The van der Waals surface area contributed by atoms with E-state index in [0.717, 1.165) is 35.7 Å². The van der Waals surface area contributed by atoms with Crippen molar-refractivity contribution in [3.63, 3.8) is 0 Å². The van der Waals surface area contributed by atoms with Crippen molar-refractivity contribution >= 4 is 37.5 Å². The lowest BCUT2D eigenvalue weighted by atomic mass is 9.99. The molecule has 0 spiro atoms. The summed E-state index contributed by atoms with van der Waals surface area (Å²) >= 11 is 3.46. The molecule has 1 atom stereocenters. The molecule has 2 aromatic carbocycles. The fraction of sp³-hybridized carbons (Fsp3) is 0.409. The molecule has 0 radical (unpaired) electrons. The average Bonchev–Trinajstić information content (AvgIpc) is 2.71. The predicted molar refractivity (Wildman–Crippen MR) is 120 cm³/mol. The Hall–Kier alpha value is -1.86. The van der Waals surface area contributed by atoms with Gasteiger partial charge in [-0.3, -0.25) is 9.10 Å². The minimum absolute atomic E-state index is 0.227. The van der Waals surface area contributed by atoms with Crippen molar-refractivity contribution in [1.82, 2.24) is 5.32 Å². The summed E-state index contributed by atoms with van der Waals surface area (Å²) < 4.78 is 28.6. The monoisotopic (exact) mass is 478 g/mol. The Balaban J connectivity index is 1.85. The minimum atomic E-state index is -3.81. The van der Waals surface area contributed by atoms with Crippen LogP contribution in [0.4, 0.5) is 5.69 Å². The van der Waals surface area contributed by atoms with Crippen molar-refractivity contribution in [2.75, 3.05) is 17.4 Å². The van der Waals surface area contributed by atoms with Crippen molar-refractivity contribution < 1.29 is 13.2 Å². The van der Waals surface area contributed by atoms with E-state index in [1.54, 1.807) is 30.3 Å². The number of anilines is 1. The molecule has 0 saturated heterocycles. The first kappa shape index (κ1) is 21.8. The van der Waals surface area contributed by atoms with E-state index in [1.807, 2.05) is 12.1 Å². The van der Waals surface area contributed by atoms with E-state index in [2.05, 4.69) is 35.1 Å². The van der Waals surface area contributed by atoms with E-state index < -0.39 is 10.0 Å². The van der Waals surface area contributed by atoms with Crippen LogP contribution in [0, 0.1) is 5.92 Å². The van der Waals surface area contributed by atoms with Gasteiger partial charge in [0.15, 0.2) is 0 Å². The van der Waals surface area contributed by atoms with Crippen LogP contribution in [0.5, 0.6) is 0 Å². The minimum Gasteiger partial charge on any atom is -0.354 e. The maximum atomic E-state index is 13.3. The number of nitrogens with zero attached hydrogens (tertiary/aromatic N) is 1. The standard InChI is InChI=1S/C22H27BrN2O3S/c1-3-5-8-16(4-2)14-24-22(26)15-25-20-12-11-17(23)13-19(20)18-9-6-7-10-21(18)29(25,27)28/h6-7,9-13,16H,3-5,8,14-15H2,1-2H3,(H,24,26)/t16-/m1/s1. The summed E-state index contributed by atoms with van der Waals surface area (Å²) in [5.41, 5.74) is 1.98. The maximum Gasteiger partial charge on any atom is 0.265 e. The first-order chi connectivity index (χ1) is 13.9. The van der Waals surface area contributed by atoms with Gasteiger partial charge in [0.25, 0.3) is 10.0 Å². The fourth-order valence-electron chi connectivity index (χ4n) is 3.66. The van der Waals surface area contributed by atoms with Gasteiger partial charge < -0.3 is 5.32 Å². The number of rotatable bonds is 8. The van der Waals surface area contributed by atoms with Crippen LogP contribution in [0.2, 0.25) is 0 Å². The molecule has 1 N–H and O–H groups in total. The summed E-state index contributed by atoms with van der Waals surface area (Å²) in [6, 6.07) is 12.4. The summed E-state index contributed by atoms with van der Waals surface area (Å²) in [7, 11) is -3.81. The van der Waals surface area contributed by atoms with Gasteiger partial charge in [-0.1, -0.05) is 67.2 Å². The van der Waals surface area contributed by atoms with Gasteiger partial charge in [0.1, 0.15) is 6.54 Å². The highest BCUT2D eigenvalue weighted by Crippen LogP contribution is 2.43. The van der Waals surface area contributed by atoms with Crippen molar-refractivity contribution in [2.45, 2.75) is 44.4 Å². The first-order valence-corrected chi connectivity index (χ1v) is 12.3. The molecule has 0 aromatic heterocycles. The molecule has 2 aromatic rings. The van der Waals surface area contributed by atoms with Crippen LogP contribution >= 0.6 is 15.9 Å². The molecule has 156 valence electrons. The van der Waals surface area contributed by atoms with Gasteiger partial charge in [-0.15, -0.1) is 0 Å². The van der Waals surface area contributed by atoms with E-state index in [0.29, 0.717) is 23.7 Å². The van der Waals surface area contributed by atoms with E-state index in [9.17, 15) is 13.2 Å². The molecule has 0 aliphatic carbocycles. The summed E-state index contributed by atoms with van der Waals surface area (Å²) in [5.74, 6) is 0.137. The highest BCUT2D eigenvalue weighted by atomic mass is 79.9. The Morgan fingerprint density at radius 3 is 2.62 bits per heavy atom. The fourth-order valence-corrected chi connectivity index (χ4v) is 5.67. The summed E-state index contributed by atoms with van der Waals surface area (Å²) in [5, 5.41) is 2.94. The summed E-state index contributed by atoms with van der Waals surface area (Å²) in [4.78, 5) is 12.9. The molecular formula is C22H27BrN2O3S. The van der Waals surface area contributed by atoms with Gasteiger partial charge in [-0.25, -0.2) is 8.42 Å². The first-order valence-electron chi connectivity index (χ1n) is 10.1. The topological polar surface area (TPSA) is 66.5 Å². The lowest BCUT2D eigenvalue weighted by Gasteiger charge is -2.32. The number of fused-ring (bicyclic) bond motifs is 3. The van der Waals surface area contributed by atoms with Gasteiger partial charge in [0.05, 0.1) is 10.6 Å². The largest absolute Gasteiger partial charge is 0.354 e. The second-order valence-electron chi connectivity index (χ2n) is 7.39. The molecule has 3 rings (SSSR count). The van der Waals surface area contributed by atoms with Crippen molar-refractivity contribution in [2.24, 2.45) is 5.92 Å². The molecule has 5 nitrogen and oxygen atoms in total. The van der Waals surface area contributed by atoms with Gasteiger partial charge in [0.2, 0.25) is 5.91 Å². The van der Waals surface area contributed by atoms with E-state index in [4.69, 9.17) is 0 Å². The quantitative estimate of drug-likeness (QED) is 0.582. The summed E-state index contributed by atoms with van der Waals surface area (Å²) in [6.07, 6.45) is 4.32. The van der Waals surface area contributed by atoms with E-state index >= 15 is 0 Å². The predicted octanol–water partition coefficient (Wildman–Crippen LogP) is 4.96. The molecule has 7 heteroatoms. The lowest BCUT2D eigenvalue weighted by molar-refractivity contribution is -0.119. The normalized spacial score (nSPS) is 15.3. The van der Waals surface area contributed by atoms with Crippen LogP contribution < -0.4 is 9.62 Å². The SMILES string of the molecule is CCCC[C@@H](CC)CNC(=O)CN1c2ccc(Br)cc2-c2ccccc2S1(=O)=O. The molecule has 29 heavy (non-hydrogen) atoms. The van der Waals surface area contributed by atoms with Crippen LogP contribution in [0.1, 0.15) is 39.5 Å². The molecule has 1 aliphatic heterocycles. The Labute approximate surface area is 181 Å². The second-order valence-corrected chi connectivity index (χ2v) is 10.1. The van der Waals surface area contributed by atoms with Crippen LogP contribution in [-0.2, 0) is 14.8 Å². The van der Waals surface area contributed by atoms with Gasteiger partial charge in [-0.05, 0) is 36.6 Å². The zero-order valence-electron chi connectivity index (χ0n) is 16.8. The second kappa shape index (κ2) is 9.30. The molecule has 0 bridgehead atoms. The average molecular weight is 479 g/mol. The number of carbonyl (C=O) groups is 1. The number of nitrogens with one attached hydrogen (secondary N) is 1. The van der Waals surface area contributed by atoms with Crippen molar-refractivity contribution in [1.29, 1.82) is 0 Å². The number of carbonyl (C=O) groups excluding carboxylic acids is 1. The van der Waals surface area contributed by atoms with Crippen LogP contribution in [-0.4, -0.2) is 27.4 Å². The maximum absolute atomic E-state index is 13.3. The number of halogens is 1. The Bertz CT molecular complexity index is 991. The van der Waals surface area contributed by atoms with Gasteiger partial charge in [0, 0.05) is 22.1 Å². The zero-order valence-corrected chi connectivity index (χ0v) is 19.2. The lowest BCUT2D eigenvalue weighted by Crippen LogP contribution is -2.43. The molecular weight excluding hydrogens is 452 g/mol. The van der Waals surface area contributed by atoms with Crippen LogP contribution in [0.15, 0.2) is 51.8 Å². The van der Waals surface area contributed by atoms with E-state index in [1.165, 1.54) is 4.31 Å². The van der Waals surface area contributed by atoms with Crippen LogP contribution in [0.25, 0.3) is 11.1 Å². The molecule has 0 saturated carbocycles. The van der Waals surface area contributed by atoms with Crippen LogP contribution in [0.3, 0.4) is 0 Å². The Morgan fingerprint density at radius 2 is 1.90 bits per heavy atom. The number of unbranched alkanes of at least 4 members (excludes halogenated alkanes) is 1. The van der Waals surface area contributed by atoms with Gasteiger partial charge in [-0.2, -0.15) is 0 Å². The third-order valence-electron chi connectivity index (χ3n) is 5.39. The molecule has 1 heterocycles. The highest BCUT2D eigenvalue weighted by molar-refractivity contribution is 9.10. The number of hydrogen-bond donors (Lipinski definition) is 1. The number of hydrogen-bond acceptors (Lipinski definition) is 3. The third kappa shape index (κ3) is 4.67. The van der Waals surface area contributed by atoms with E-state index in [-0.39, 0.29) is 17.3 Å². The van der Waals surface area contributed by atoms with Crippen molar-refractivity contribution in [3.05, 3.63) is 46.9 Å². The smallest absolute Gasteiger partial charge is 0.265 e. The molecule has 0 unspecified atom stereocenters. The number of amides is 1.